The Bertz CT molecular complexity index is 584. The number of carbonyl (C=O) groups excluding carboxylic acids is 1. The molecule has 0 aliphatic heterocycles. The van der Waals surface area contributed by atoms with E-state index in [0.717, 1.165) is 17.6 Å². The Labute approximate surface area is 132 Å². The summed E-state index contributed by atoms with van der Waals surface area (Å²) in [6, 6.07) is 7.11. The zero-order chi connectivity index (χ0) is 16.8. The van der Waals surface area contributed by atoms with Crippen LogP contribution in [-0.4, -0.2) is 44.6 Å². The first-order valence-electron chi connectivity index (χ1n) is 7.14. The van der Waals surface area contributed by atoms with Gasteiger partial charge in [0.15, 0.2) is 0 Å². The van der Waals surface area contributed by atoms with Crippen molar-refractivity contribution in [2.75, 3.05) is 19.9 Å². The second kappa shape index (κ2) is 8.14. The van der Waals surface area contributed by atoms with Crippen LogP contribution < -0.4 is 10.1 Å². The zero-order valence-electron chi connectivity index (χ0n) is 13.5. The molecule has 1 aromatic carbocycles. The molecule has 124 valence electrons. The number of carbonyl (C=O) groups is 1. The molecule has 1 aromatic rings. The normalized spacial score (nSPS) is 13.0. The molecule has 0 aromatic heterocycles. The molecule has 0 heterocycles. The predicted molar refractivity (Wildman–Crippen MR) is 86.1 cm³/mol. The molecule has 1 rings (SSSR count). The number of sulfonamides is 1. The molecule has 0 saturated heterocycles. The van der Waals surface area contributed by atoms with Gasteiger partial charge in [-0.05, 0) is 31.0 Å². The minimum Gasteiger partial charge on any atom is -0.497 e. The lowest BCUT2D eigenvalue weighted by Gasteiger charge is -2.25. The van der Waals surface area contributed by atoms with Crippen LogP contribution in [0.4, 0.5) is 0 Å². The highest BCUT2D eigenvalue weighted by molar-refractivity contribution is 7.88. The van der Waals surface area contributed by atoms with E-state index in [-0.39, 0.29) is 18.5 Å². The van der Waals surface area contributed by atoms with Gasteiger partial charge in [0, 0.05) is 12.6 Å². The summed E-state index contributed by atoms with van der Waals surface area (Å²) in [6.45, 7) is 3.86. The van der Waals surface area contributed by atoms with E-state index in [9.17, 15) is 13.2 Å². The molecule has 1 amide bonds. The van der Waals surface area contributed by atoms with Crippen LogP contribution in [0, 0.1) is 0 Å². The first kappa shape index (κ1) is 18.4. The Balaban J connectivity index is 2.60. The molecule has 1 N–H and O–H groups in total. The van der Waals surface area contributed by atoms with Crippen LogP contribution in [0.2, 0.25) is 0 Å². The zero-order valence-corrected chi connectivity index (χ0v) is 14.3. The number of amides is 1. The fourth-order valence-corrected chi connectivity index (χ4v) is 3.10. The van der Waals surface area contributed by atoms with Crippen LogP contribution >= 0.6 is 0 Å². The van der Waals surface area contributed by atoms with Crippen LogP contribution in [0.15, 0.2) is 24.3 Å². The summed E-state index contributed by atoms with van der Waals surface area (Å²) in [5.41, 5.74) is 0.920. The highest BCUT2D eigenvalue weighted by atomic mass is 32.2. The average molecular weight is 328 g/mol. The van der Waals surface area contributed by atoms with Gasteiger partial charge in [-0.3, -0.25) is 4.79 Å². The summed E-state index contributed by atoms with van der Waals surface area (Å²) < 4.78 is 29.8. The summed E-state index contributed by atoms with van der Waals surface area (Å²) in [4.78, 5) is 12.0. The van der Waals surface area contributed by atoms with Gasteiger partial charge in [-0.15, -0.1) is 0 Å². The maximum Gasteiger partial charge on any atom is 0.235 e. The van der Waals surface area contributed by atoms with E-state index >= 15 is 0 Å². The quantitative estimate of drug-likeness (QED) is 0.782. The number of rotatable bonds is 8. The third-order valence-corrected chi connectivity index (χ3v) is 4.80. The van der Waals surface area contributed by atoms with E-state index < -0.39 is 10.0 Å². The minimum atomic E-state index is -3.41. The molecule has 1 unspecified atom stereocenters. The minimum absolute atomic E-state index is 0.163. The highest BCUT2D eigenvalue weighted by Crippen LogP contribution is 2.11. The number of hydrogen-bond donors (Lipinski definition) is 1. The molecule has 0 spiro atoms. The van der Waals surface area contributed by atoms with E-state index in [1.54, 1.807) is 14.0 Å². The lowest BCUT2D eigenvalue weighted by atomic mass is 10.2. The second-order valence-electron chi connectivity index (χ2n) is 5.19. The van der Waals surface area contributed by atoms with Crippen molar-refractivity contribution >= 4 is 15.9 Å². The van der Waals surface area contributed by atoms with Gasteiger partial charge in [-0.1, -0.05) is 19.1 Å². The largest absolute Gasteiger partial charge is 0.497 e. The van der Waals surface area contributed by atoms with E-state index in [4.69, 9.17) is 4.74 Å². The molecule has 0 aliphatic carbocycles. The number of nitrogens with zero attached hydrogens (tertiary/aromatic N) is 1. The van der Waals surface area contributed by atoms with E-state index in [1.807, 2.05) is 31.2 Å². The van der Waals surface area contributed by atoms with Crippen LogP contribution in [0.1, 0.15) is 25.8 Å². The summed E-state index contributed by atoms with van der Waals surface area (Å²) in [6.07, 6.45) is 1.77. The third kappa shape index (κ3) is 5.65. The maximum absolute atomic E-state index is 12.0. The molecule has 0 fully saturated rings. The fourth-order valence-electron chi connectivity index (χ4n) is 1.95. The molecule has 1 atom stereocenters. The Morgan fingerprint density at radius 1 is 1.32 bits per heavy atom. The van der Waals surface area contributed by atoms with Gasteiger partial charge >= 0.3 is 0 Å². The first-order valence-corrected chi connectivity index (χ1v) is 8.99. The van der Waals surface area contributed by atoms with Gasteiger partial charge in [-0.2, -0.15) is 4.31 Å². The van der Waals surface area contributed by atoms with Gasteiger partial charge in [0.1, 0.15) is 5.75 Å². The Kier molecular flexibility index (Phi) is 6.83. The standard InChI is InChI=1S/C15H24N2O4S/c1-5-12(2)17(22(4,19)20)11-15(18)16-10-13-6-8-14(21-3)9-7-13/h6-9,12H,5,10-11H2,1-4H3,(H,16,18). The van der Waals surface area contributed by atoms with Crippen molar-refractivity contribution in [1.29, 1.82) is 0 Å². The van der Waals surface area contributed by atoms with Gasteiger partial charge in [0.05, 0.1) is 19.9 Å². The molecule has 0 saturated carbocycles. The lowest BCUT2D eigenvalue weighted by molar-refractivity contribution is -0.121. The van der Waals surface area contributed by atoms with E-state index in [1.165, 1.54) is 4.31 Å². The van der Waals surface area contributed by atoms with E-state index in [0.29, 0.717) is 13.0 Å². The first-order chi connectivity index (χ1) is 10.3. The van der Waals surface area contributed by atoms with Crippen molar-refractivity contribution in [3.8, 4) is 5.75 Å². The predicted octanol–water partition coefficient (Wildman–Crippen LogP) is 1.37. The smallest absolute Gasteiger partial charge is 0.235 e. The SMILES string of the molecule is CCC(C)N(CC(=O)NCc1ccc(OC)cc1)S(C)(=O)=O. The summed E-state index contributed by atoms with van der Waals surface area (Å²) in [7, 11) is -1.82. The molecule has 0 bridgehead atoms. The number of methoxy groups -OCH3 is 1. The molecule has 0 aliphatic rings. The topological polar surface area (TPSA) is 75.7 Å². The summed E-state index contributed by atoms with van der Waals surface area (Å²) in [5, 5.41) is 2.73. The highest BCUT2D eigenvalue weighted by Gasteiger charge is 2.24. The second-order valence-corrected chi connectivity index (χ2v) is 7.13. The Hall–Kier alpha value is -1.60. The molecule has 7 heteroatoms. The number of nitrogens with one attached hydrogen (secondary N) is 1. The Morgan fingerprint density at radius 3 is 2.36 bits per heavy atom. The van der Waals surface area contributed by atoms with Crippen molar-refractivity contribution < 1.29 is 17.9 Å². The third-order valence-electron chi connectivity index (χ3n) is 3.46. The fraction of sp³-hybridized carbons (Fsp3) is 0.533. The van der Waals surface area contributed by atoms with Crippen LogP contribution in [0.3, 0.4) is 0 Å². The van der Waals surface area contributed by atoms with Crippen molar-refractivity contribution in [1.82, 2.24) is 9.62 Å². The number of benzene rings is 1. The number of ether oxygens (including phenoxy) is 1. The van der Waals surface area contributed by atoms with Crippen LogP contribution in [0.25, 0.3) is 0 Å². The summed E-state index contributed by atoms with van der Waals surface area (Å²) in [5.74, 6) is 0.427. The van der Waals surface area contributed by atoms with Crippen molar-refractivity contribution in [3.05, 3.63) is 29.8 Å². The monoisotopic (exact) mass is 328 g/mol. The molecule has 22 heavy (non-hydrogen) atoms. The molecular formula is C15H24N2O4S. The Morgan fingerprint density at radius 2 is 1.91 bits per heavy atom. The van der Waals surface area contributed by atoms with Gasteiger partial charge < -0.3 is 10.1 Å². The average Bonchev–Trinajstić information content (AvgIpc) is 2.49. The molecular weight excluding hydrogens is 304 g/mol. The molecule has 6 nitrogen and oxygen atoms in total. The lowest BCUT2D eigenvalue weighted by Crippen LogP contribution is -2.44. The van der Waals surface area contributed by atoms with Crippen molar-refractivity contribution in [2.24, 2.45) is 0 Å². The van der Waals surface area contributed by atoms with Crippen LogP contribution in [0.5, 0.6) is 5.75 Å². The summed E-state index contributed by atoms with van der Waals surface area (Å²) >= 11 is 0. The van der Waals surface area contributed by atoms with Crippen molar-refractivity contribution in [3.63, 3.8) is 0 Å². The van der Waals surface area contributed by atoms with Gasteiger partial charge in [-0.25, -0.2) is 8.42 Å². The molecule has 0 radical (unpaired) electrons. The van der Waals surface area contributed by atoms with Gasteiger partial charge in [0.2, 0.25) is 15.9 Å². The van der Waals surface area contributed by atoms with E-state index in [2.05, 4.69) is 5.32 Å². The maximum atomic E-state index is 12.0. The number of hydrogen-bond acceptors (Lipinski definition) is 4. The van der Waals surface area contributed by atoms with Gasteiger partial charge in [0.25, 0.3) is 0 Å². The van der Waals surface area contributed by atoms with Crippen LogP contribution in [-0.2, 0) is 21.4 Å². The van der Waals surface area contributed by atoms with Crippen molar-refractivity contribution in [2.45, 2.75) is 32.9 Å².